The maximum Gasteiger partial charge on any atom is 0.192 e. The van der Waals surface area contributed by atoms with E-state index in [0.29, 0.717) is 18.6 Å². The molecular weight excluding hydrogens is 204 g/mol. The largest absolute Gasteiger partial charge is 0.416 e. The molecule has 0 aromatic carbocycles. The molecule has 0 aromatic rings. The summed E-state index contributed by atoms with van der Waals surface area (Å²) in [6.45, 7) is 14.2. The first-order valence-electron chi connectivity index (χ1n) is 5.71. The van der Waals surface area contributed by atoms with Gasteiger partial charge in [0, 0.05) is 24.9 Å². The zero-order valence-electron chi connectivity index (χ0n) is 10.9. The quantitative estimate of drug-likeness (QED) is 0.692. The highest BCUT2D eigenvalue weighted by Gasteiger charge is 2.43. The van der Waals surface area contributed by atoms with Crippen LogP contribution < -0.4 is 0 Å². The number of Topliss-reactive ketones (excluding diaryl/α,β-unsaturated/α-hetero) is 1. The van der Waals surface area contributed by atoms with Crippen molar-refractivity contribution < 1.29 is 9.22 Å². The van der Waals surface area contributed by atoms with Gasteiger partial charge in [-0.2, -0.15) is 0 Å². The lowest BCUT2D eigenvalue weighted by atomic mass is 9.70. The van der Waals surface area contributed by atoms with Crippen molar-refractivity contribution in [2.24, 2.45) is 5.41 Å². The van der Waals surface area contributed by atoms with Crippen molar-refractivity contribution in [3.05, 3.63) is 0 Å². The minimum atomic E-state index is -1.63. The van der Waals surface area contributed by atoms with E-state index < -0.39 is 8.32 Å². The zero-order chi connectivity index (χ0) is 11.9. The summed E-state index contributed by atoms with van der Waals surface area (Å²) in [6, 6.07) is 0. The maximum absolute atomic E-state index is 11.0. The molecule has 1 aliphatic carbocycles. The molecular formula is C12H24O2Si. The fraction of sp³-hybridized carbons (Fsp3) is 0.917. The van der Waals surface area contributed by atoms with Crippen molar-refractivity contribution in [3.63, 3.8) is 0 Å². The van der Waals surface area contributed by atoms with E-state index in [1.165, 1.54) is 0 Å². The van der Waals surface area contributed by atoms with Crippen molar-refractivity contribution in [3.8, 4) is 0 Å². The third kappa shape index (κ3) is 2.91. The van der Waals surface area contributed by atoms with Gasteiger partial charge in [0.1, 0.15) is 5.78 Å². The van der Waals surface area contributed by atoms with Crippen LogP contribution in [0.5, 0.6) is 0 Å². The molecule has 0 spiro atoms. The molecule has 88 valence electrons. The second-order valence-corrected chi connectivity index (χ2v) is 11.6. The Morgan fingerprint density at radius 1 is 1.33 bits per heavy atom. The van der Waals surface area contributed by atoms with Crippen LogP contribution in [-0.2, 0) is 9.22 Å². The molecule has 0 atom stereocenters. The summed E-state index contributed by atoms with van der Waals surface area (Å²) in [7, 11) is -1.63. The van der Waals surface area contributed by atoms with Gasteiger partial charge in [0.15, 0.2) is 8.32 Å². The van der Waals surface area contributed by atoms with Gasteiger partial charge in [0.05, 0.1) is 0 Å². The van der Waals surface area contributed by atoms with Crippen LogP contribution in [-0.4, -0.2) is 20.7 Å². The molecule has 2 nitrogen and oxygen atoms in total. The molecule has 0 amide bonds. The number of rotatable bonds is 3. The van der Waals surface area contributed by atoms with Crippen LogP contribution in [0.4, 0.5) is 0 Å². The maximum atomic E-state index is 11.0. The Labute approximate surface area is 94.5 Å². The van der Waals surface area contributed by atoms with Crippen molar-refractivity contribution in [2.45, 2.75) is 58.7 Å². The van der Waals surface area contributed by atoms with Gasteiger partial charge in [-0.3, -0.25) is 4.79 Å². The highest BCUT2D eigenvalue weighted by Crippen LogP contribution is 2.42. The van der Waals surface area contributed by atoms with Gasteiger partial charge in [0.25, 0.3) is 0 Å². The summed E-state index contributed by atoms with van der Waals surface area (Å²) >= 11 is 0. The Morgan fingerprint density at radius 3 is 2.13 bits per heavy atom. The number of hydrogen-bond acceptors (Lipinski definition) is 2. The third-order valence-electron chi connectivity index (χ3n) is 3.84. The molecule has 3 heteroatoms. The smallest absolute Gasteiger partial charge is 0.192 e. The van der Waals surface area contributed by atoms with E-state index in [4.69, 9.17) is 4.43 Å². The van der Waals surface area contributed by atoms with Crippen molar-refractivity contribution in [2.75, 3.05) is 6.61 Å². The minimum absolute atomic E-state index is 0.132. The first-order chi connectivity index (χ1) is 6.56. The predicted octanol–water partition coefficient (Wildman–Crippen LogP) is 3.38. The van der Waals surface area contributed by atoms with Gasteiger partial charge >= 0.3 is 0 Å². The first kappa shape index (κ1) is 12.9. The summed E-state index contributed by atoms with van der Waals surface area (Å²) in [4.78, 5) is 11.0. The Kier molecular flexibility index (Phi) is 3.19. The minimum Gasteiger partial charge on any atom is -0.416 e. The molecule has 0 aliphatic heterocycles. The zero-order valence-corrected chi connectivity index (χ0v) is 11.9. The average molecular weight is 228 g/mol. The lowest BCUT2D eigenvalue weighted by Crippen LogP contribution is -2.47. The molecule has 0 bridgehead atoms. The lowest BCUT2D eigenvalue weighted by molar-refractivity contribution is -0.133. The van der Waals surface area contributed by atoms with Crippen molar-refractivity contribution in [1.29, 1.82) is 0 Å². The molecule has 0 N–H and O–H groups in total. The summed E-state index contributed by atoms with van der Waals surface area (Å²) in [6.07, 6.45) is 1.42. The monoisotopic (exact) mass is 228 g/mol. The molecule has 0 heterocycles. The molecule has 0 saturated heterocycles. The van der Waals surface area contributed by atoms with Crippen LogP contribution in [0.3, 0.4) is 0 Å². The van der Waals surface area contributed by atoms with E-state index in [1.807, 2.05) is 0 Å². The van der Waals surface area contributed by atoms with Gasteiger partial charge < -0.3 is 4.43 Å². The fourth-order valence-electron chi connectivity index (χ4n) is 1.57. The molecule has 1 saturated carbocycles. The van der Waals surface area contributed by atoms with Crippen LogP contribution in [0.2, 0.25) is 18.1 Å². The standard InChI is InChI=1S/C12H24O2Si/c1-11(2,3)15(5,6)14-9-12(4)7-10(13)8-12/h7-9H2,1-6H3. The molecule has 0 aromatic heterocycles. The predicted molar refractivity (Wildman–Crippen MR) is 65.5 cm³/mol. The van der Waals surface area contributed by atoms with Crippen LogP contribution in [0.1, 0.15) is 40.5 Å². The normalized spacial score (nSPS) is 21.3. The topological polar surface area (TPSA) is 26.3 Å². The van der Waals surface area contributed by atoms with Crippen molar-refractivity contribution in [1.82, 2.24) is 0 Å². The van der Waals surface area contributed by atoms with Crippen LogP contribution in [0.15, 0.2) is 0 Å². The van der Waals surface area contributed by atoms with E-state index in [0.717, 1.165) is 6.61 Å². The van der Waals surface area contributed by atoms with E-state index in [-0.39, 0.29) is 10.5 Å². The van der Waals surface area contributed by atoms with Gasteiger partial charge in [0.2, 0.25) is 0 Å². The molecule has 1 fully saturated rings. The SMILES string of the molecule is CC1(CO[Si](C)(C)C(C)(C)C)CC(=O)C1. The van der Waals surface area contributed by atoms with Crippen LogP contribution in [0.25, 0.3) is 0 Å². The van der Waals surface area contributed by atoms with Gasteiger partial charge in [-0.25, -0.2) is 0 Å². The summed E-state index contributed by atoms with van der Waals surface area (Å²) in [5, 5.41) is 0.261. The van der Waals surface area contributed by atoms with E-state index in [2.05, 4.69) is 40.8 Å². The van der Waals surface area contributed by atoms with Gasteiger partial charge in [-0.15, -0.1) is 0 Å². The molecule has 1 rings (SSSR count). The Morgan fingerprint density at radius 2 is 1.80 bits per heavy atom. The summed E-state index contributed by atoms with van der Waals surface area (Å²) in [5.41, 5.74) is 0.132. The summed E-state index contributed by atoms with van der Waals surface area (Å²) < 4.78 is 6.14. The fourth-order valence-corrected chi connectivity index (χ4v) is 2.72. The van der Waals surface area contributed by atoms with E-state index in [9.17, 15) is 4.79 Å². The third-order valence-corrected chi connectivity index (χ3v) is 8.31. The Hall–Kier alpha value is -0.153. The van der Waals surface area contributed by atoms with Crippen LogP contribution in [0, 0.1) is 5.41 Å². The van der Waals surface area contributed by atoms with Gasteiger partial charge in [-0.1, -0.05) is 27.7 Å². The average Bonchev–Trinajstić information content (AvgIpc) is 1.96. The summed E-state index contributed by atoms with van der Waals surface area (Å²) in [5.74, 6) is 0.385. The number of ketones is 1. The highest BCUT2D eigenvalue weighted by atomic mass is 28.4. The second kappa shape index (κ2) is 3.70. The van der Waals surface area contributed by atoms with Gasteiger partial charge in [-0.05, 0) is 18.1 Å². The number of carbonyl (C=O) groups excluding carboxylic acids is 1. The molecule has 1 aliphatic rings. The first-order valence-corrected chi connectivity index (χ1v) is 8.62. The van der Waals surface area contributed by atoms with E-state index >= 15 is 0 Å². The number of hydrogen-bond donors (Lipinski definition) is 0. The Balaban J connectivity index is 2.47. The molecule has 15 heavy (non-hydrogen) atoms. The molecule has 0 radical (unpaired) electrons. The lowest BCUT2D eigenvalue weighted by Gasteiger charge is -2.42. The van der Waals surface area contributed by atoms with E-state index in [1.54, 1.807) is 0 Å². The van der Waals surface area contributed by atoms with Crippen molar-refractivity contribution >= 4 is 14.1 Å². The second-order valence-electron chi connectivity index (χ2n) is 6.75. The Bertz CT molecular complexity index is 255. The highest BCUT2D eigenvalue weighted by molar-refractivity contribution is 6.74. The number of carbonyl (C=O) groups is 1. The molecule has 0 unspecified atom stereocenters. The van der Waals surface area contributed by atoms with Crippen LogP contribution >= 0.6 is 0 Å².